The number of carboxylic acid groups (broad SMARTS) is 1. The van der Waals surface area contributed by atoms with Crippen LogP contribution in [0.3, 0.4) is 0 Å². The van der Waals surface area contributed by atoms with Crippen molar-refractivity contribution >= 4 is 33.4 Å². The van der Waals surface area contributed by atoms with E-state index < -0.39 is 17.9 Å². The highest BCUT2D eigenvalue weighted by Crippen LogP contribution is 2.21. The standard InChI is InChI=1S/C15H19N3O4S/c1-4-9-6-10-13(23-9)16-8(3)18(14(10)20)7-12(19)17-11(5-2)15(21)22/h6,11H,4-5,7H2,1-3H3,(H,17,19)(H,21,22). The predicted octanol–water partition coefficient (Wildman–Crippen LogP) is 1.31. The van der Waals surface area contributed by atoms with Crippen molar-refractivity contribution in [3.05, 3.63) is 27.1 Å². The van der Waals surface area contributed by atoms with Crippen LogP contribution in [0.2, 0.25) is 0 Å². The number of aliphatic carboxylic acids is 1. The number of hydrogen-bond acceptors (Lipinski definition) is 5. The van der Waals surface area contributed by atoms with Crippen LogP contribution in [0.25, 0.3) is 10.2 Å². The first kappa shape index (κ1) is 17.1. The van der Waals surface area contributed by atoms with Crippen molar-refractivity contribution in [3.8, 4) is 0 Å². The Balaban J connectivity index is 2.31. The molecule has 2 aromatic heterocycles. The second-order valence-corrected chi connectivity index (χ2v) is 6.32. The largest absolute Gasteiger partial charge is 0.480 e. The third kappa shape index (κ3) is 3.58. The van der Waals surface area contributed by atoms with Gasteiger partial charge in [-0.2, -0.15) is 0 Å². The third-order valence-electron chi connectivity index (χ3n) is 3.58. The zero-order valence-electron chi connectivity index (χ0n) is 13.3. The van der Waals surface area contributed by atoms with Gasteiger partial charge in [-0.25, -0.2) is 9.78 Å². The highest BCUT2D eigenvalue weighted by molar-refractivity contribution is 7.18. The molecule has 0 aromatic carbocycles. The Hall–Kier alpha value is -2.22. The number of aryl methyl sites for hydroxylation is 2. The maximum atomic E-state index is 12.5. The number of nitrogens with one attached hydrogen (secondary N) is 1. The molecule has 0 fully saturated rings. The number of thiophene rings is 1. The van der Waals surface area contributed by atoms with E-state index in [9.17, 15) is 14.4 Å². The second-order valence-electron chi connectivity index (χ2n) is 5.20. The van der Waals surface area contributed by atoms with Gasteiger partial charge in [-0.15, -0.1) is 11.3 Å². The predicted molar refractivity (Wildman–Crippen MR) is 87.9 cm³/mol. The van der Waals surface area contributed by atoms with Crippen LogP contribution in [0.15, 0.2) is 10.9 Å². The van der Waals surface area contributed by atoms with Crippen LogP contribution in [0, 0.1) is 6.92 Å². The van der Waals surface area contributed by atoms with E-state index in [0.29, 0.717) is 16.0 Å². The quantitative estimate of drug-likeness (QED) is 0.827. The molecule has 1 amide bonds. The average molecular weight is 337 g/mol. The topological polar surface area (TPSA) is 101 Å². The van der Waals surface area contributed by atoms with Gasteiger partial charge < -0.3 is 10.4 Å². The van der Waals surface area contributed by atoms with E-state index >= 15 is 0 Å². The summed E-state index contributed by atoms with van der Waals surface area (Å²) >= 11 is 1.47. The molecule has 0 saturated heterocycles. The molecule has 7 nitrogen and oxygen atoms in total. The summed E-state index contributed by atoms with van der Waals surface area (Å²) < 4.78 is 1.28. The van der Waals surface area contributed by atoms with Gasteiger partial charge in [0.25, 0.3) is 5.56 Å². The number of fused-ring (bicyclic) bond motifs is 1. The molecule has 124 valence electrons. The number of amides is 1. The zero-order valence-corrected chi connectivity index (χ0v) is 14.1. The summed E-state index contributed by atoms with van der Waals surface area (Å²) in [5.41, 5.74) is -0.276. The van der Waals surface area contributed by atoms with Crippen molar-refractivity contribution in [1.82, 2.24) is 14.9 Å². The summed E-state index contributed by atoms with van der Waals surface area (Å²) in [6.45, 7) is 5.09. The fourth-order valence-corrected chi connectivity index (χ4v) is 3.25. The molecule has 2 N–H and O–H groups in total. The number of carbonyl (C=O) groups excluding carboxylic acids is 1. The van der Waals surface area contributed by atoms with Crippen molar-refractivity contribution in [2.45, 2.75) is 46.2 Å². The minimum atomic E-state index is -1.09. The van der Waals surface area contributed by atoms with Crippen LogP contribution in [-0.4, -0.2) is 32.6 Å². The fraction of sp³-hybridized carbons (Fsp3) is 0.467. The summed E-state index contributed by atoms with van der Waals surface area (Å²) in [5.74, 6) is -1.18. The van der Waals surface area contributed by atoms with E-state index in [1.807, 2.05) is 6.92 Å². The van der Waals surface area contributed by atoms with E-state index in [2.05, 4.69) is 10.3 Å². The summed E-state index contributed by atoms with van der Waals surface area (Å²) in [7, 11) is 0. The average Bonchev–Trinajstić information content (AvgIpc) is 2.91. The molecule has 23 heavy (non-hydrogen) atoms. The van der Waals surface area contributed by atoms with Crippen LogP contribution in [0.4, 0.5) is 0 Å². The molecule has 1 atom stereocenters. The Morgan fingerprint density at radius 2 is 2.13 bits per heavy atom. The molecule has 0 radical (unpaired) electrons. The van der Waals surface area contributed by atoms with E-state index in [4.69, 9.17) is 5.11 Å². The van der Waals surface area contributed by atoms with Gasteiger partial charge in [0.1, 0.15) is 23.2 Å². The highest BCUT2D eigenvalue weighted by Gasteiger charge is 2.19. The van der Waals surface area contributed by atoms with Crippen molar-refractivity contribution in [2.24, 2.45) is 0 Å². The van der Waals surface area contributed by atoms with Crippen molar-refractivity contribution in [3.63, 3.8) is 0 Å². The van der Waals surface area contributed by atoms with Crippen LogP contribution in [-0.2, 0) is 22.6 Å². The molecule has 8 heteroatoms. The number of hydrogen-bond donors (Lipinski definition) is 2. The summed E-state index contributed by atoms with van der Waals surface area (Å²) in [6.07, 6.45) is 1.09. The number of nitrogens with zero attached hydrogens (tertiary/aromatic N) is 2. The first-order valence-electron chi connectivity index (χ1n) is 7.39. The minimum Gasteiger partial charge on any atom is -0.480 e. The Kier molecular flexibility index (Phi) is 5.15. The SMILES string of the molecule is CCc1cc2c(=O)n(CC(=O)NC(CC)C(=O)O)c(C)nc2s1. The monoisotopic (exact) mass is 337 g/mol. The van der Waals surface area contributed by atoms with Gasteiger partial charge in [0.05, 0.1) is 5.39 Å². The summed E-state index contributed by atoms with van der Waals surface area (Å²) in [6, 6.07) is 0.845. The van der Waals surface area contributed by atoms with Gasteiger partial charge in [0, 0.05) is 4.88 Å². The van der Waals surface area contributed by atoms with Gasteiger partial charge >= 0.3 is 5.97 Å². The number of carbonyl (C=O) groups is 2. The van der Waals surface area contributed by atoms with E-state index in [0.717, 1.165) is 11.3 Å². The number of carboxylic acids is 1. The molecule has 0 bridgehead atoms. The summed E-state index contributed by atoms with van der Waals surface area (Å²) in [5, 5.41) is 11.9. The first-order valence-corrected chi connectivity index (χ1v) is 8.21. The van der Waals surface area contributed by atoms with Crippen molar-refractivity contribution in [2.75, 3.05) is 0 Å². The molecule has 1 unspecified atom stereocenters. The highest BCUT2D eigenvalue weighted by atomic mass is 32.1. The molecular weight excluding hydrogens is 318 g/mol. The fourth-order valence-electron chi connectivity index (χ4n) is 2.25. The summed E-state index contributed by atoms with van der Waals surface area (Å²) in [4.78, 5) is 41.6. The lowest BCUT2D eigenvalue weighted by atomic mass is 10.2. The van der Waals surface area contributed by atoms with Gasteiger partial charge in [-0.1, -0.05) is 13.8 Å². The number of rotatable bonds is 6. The lowest BCUT2D eigenvalue weighted by molar-refractivity contribution is -0.142. The van der Waals surface area contributed by atoms with E-state index in [1.165, 1.54) is 15.9 Å². The molecule has 0 saturated carbocycles. The lowest BCUT2D eigenvalue weighted by Crippen LogP contribution is -2.43. The molecule has 0 aliphatic rings. The Labute approximate surface area is 137 Å². The Bertz CT molecular complexity index is 809. The molecule has 2 heterocycles. The van der Waals surface area contributed by atoms with Crippen LogP contribution in [0.1, 0.15) is 31.0 Å². The third-order valence-corrected chi connectivity index (χ3v) is 4.76. The van der Waals surface area contributed by atoms with E-state index in [-0.39, 0.29) is 18.5 Å². The molecular formula is C15H19N3O4S. The minimum absolute atomic E-state index is 0.241. The molecule has 2 aromatic rings. The van der Waals surface area contributed by atoms with Gasteiger partial charge in [0.2, 0.25) is 5.91 Å². The maximum Gasteiger partial charge on any atom is 0.326 e. The Morgan fingerprint density at radius 3 is 2.70 bits per heavy atom. The van der Waals surface area contributed by atoms with Gasteiger partial charge in [0.15, 0.2) is 0 Å². The lowest BCUT2D eigenvalue weighted by Gasteiger charge is -2.14. The van der Waals surface area contributed by atoms with Gasteiger partial charge in [-0.3, -0.25) is 14.2 Å². The first-order chi connectivity index (χ1) is 10.9. The normalized spacial score (nSPS) is 12.3. The van der Waals surface area contributed by atoms with Gasteiger partial charge in [-0.05, 0) is 25.8 Å². The van der Waals surface area contributed by atoms with Crippen LogP contribution >= 0.6 is 11.3 Å². The Morgan fingerprint density at radius 1 is 1.43 bits per heavy atom. The smallest absolute Gasteiger partial charge is 0.326 e. The van der Waals surface area contributed by atoms with E-state index in [1.54, 1.807) is 19.9 Å². The van der Waals surface area contributed by atoms with Crippen molar-refractivity contribution < 1.29 is 14.7 Å². The maximum absolute atomic E-state index is 12.5. The molecule has 0 aliphatic carbocycles. The zero-order chi connectivity index (χ0) is 17.1. The molecule has 0 spiro atoms. The second kappa shape index (κ2) is 6.91. The molecule has 2 rings (SSSR count). The molecule has 0 aliphatic heterocycles. The number of aromatic nitrogens is 2. The van der Waals surface area contributed by atoms with Crippen LogP contribution in [0.5, 0.6) is 0 Å². The van der Waals surface area contributed by atoms with Crippen LogP contribution < -0.4 is 10.9 Å². The van der Waals surface area contributed by atoms with Crippen molar-refractivity contribution in [1.29, 1.82) is 0 Å².